The molecule has 110 valence electrons. The standard InChI is InChI=1S/C14H14N2O5/c1-7-10(13(17)18)12(9-4-3-5-16(21)6-9)11(14(19)20)8(2)15-7/h3-6,12,15H,1-2H3,(H,17,18)(H,19,20). The molecule has 2 rings (SSSR count). The summed E-state index contributed by atoms with van der Waals surface area (Å²) >= 11 is 0. The van der Waals surface area contributed by atoms with E-state index in [-0.39, 0.29) is 11.1 Å². The molecule has 1 aliphatic rings. The molecule has 21 heavy (non-hydrogen) atoms. The second-order valence-electron chi connectivity index (χ2n) is 4.74. The van der Waals surface area contributed by atoms with Gasteiger partial charge in [0.05, 0.1) is 17.1 Å². The van der Waals surface area contributed by atoms with Crippen molar-refractivity contribution in [2.75, 3.05) is 0 Å². The third kappa shape index (κ3) is 2.58. The van der Waals surface area contributed by atoms with Crippen LogP contribution in [0.25, 0.3) is 0 Å². The number of carbonyl (C=O) groups is 2. The zero-order valence-corrected chi connectivity index (χ0v) is 11.5. The maximum Gasteiger partial charge on any atom is 0.334 e. The van der Waals surface area contributed by atoms with Gasteiger partial charge >= 0.3 is 11.9 Å². The van der Waals surface area contributed by atoms with Crippen LogP contribution in [0.4, 0.5) is 0 Å². The molecule has 1 aliphatic heterocycles. The van der Waals surface area contributed by atoms with Crippen molar-refractivity contribution in [1.82, 2.24) is 5.32 Å². The van der Waals surface area contributed by atoms with Gasteiger partial charge in [-0.2, -0.15) is 4.73 Å². The van der Waals surface area contributed by atoms with Gasteiger partial charge in [0, 0.05) is 23.0 Å². The average Bonchev–Trinajstić information content (AvgIpc) is 2.36. The van der Waals surface area contributed by atoms with Crippen molar-refractivity contribution >= 4 is 11.9 Å². The Labute approximate surface area is 120 Å². The molecule has 0 aliphatic carbocycles. The summed E-state index contributed by atoms with van der Waals surface area (Å²) in [5, 5.41) is 33.0. The van der Waals surface area contributed by atoms with E-state index in [0.717, 1.165) is 0 Å². The van der Waals surface area contributed by atoms with E-state index in [1.165, 1.54) is 24.5 Å². The number of aliphatic carboxylic acids is 2. The van der Waals surface area contributed by atoms with Gasteiger partial charge in [-0.3, -0.25) is 0 Å². The molecule has 7 nitrogen and oxygen atoms in total. The molecule has 0 aromatic carbocycles. The Balaban J connectivity index is 2.70. The normalized spacial score (nSPS) is 15.9. The topological polar surface area (TPSA) is 114 Å². The highest BCUT2D eigenvalue weighted by molar-refractivity contribution is 5.98. The van der Waals surface area contributed by atoms with E-state index in [9.17, 15) is 25.0 Å². The van der Waals surface area contributed by atoms with E-state index in [1.807, 2.05) is 0 Å². The van der Waals surface area contributed by atoms with E-state index >= 15 is 0 Å². The second-order valence-corrected chi connectivity index (χ2v) is 4.74. The predicted octanol–water partition coefficient (Wildman–Crippen LogP) is 0.724. The minimum atomic E-state index is -1.22. The maximum absolute atomic E-state index is 11.5. The fourth-order valence-corrected chi connectivity index (χ4v) is 2.54. The number of aromatic nitrogens is 1. The van der Waals surface area contributed by atoms with Crippen LogP contribution in [0.5, 0.6) is 0 Å². The number of carboxylic acid groups (broad SMARTS) is 2. The van der Waals surface area contributed by atoms with Crippen LogP contribution in [0.15, 0.2) is 47.1 Å². The number of rotatable bonds is 3. The predicted molar refractivity (Wildman–Crippen MR) is 72.0 cm³/mol. The SMILES string of the molecule is CC1=C(C(=O)O)C(c2ccc[n+]([O-])c2)C(C(=O)O)=C(C)N1. The molecule has 3 N–H and O–H groups in total. The first-order valence-corrected chi connectivity index (χ1v) is 6.16. The summed E-state index contributed by atoms with van der Waals surface area (Å²) in [5.41, 5.74) is 0.878. The van der Waals surface area contributed by atoms with Crippen LogP contribution in [0.1, 0.15) is 25.3 Å². The monoisotopic (exact) mass is 290 g/mol. The van der Waals surface area contributed by atoms with E-state index in [2.05, 4.69) is 5.32 Å². The van der Waals surface area contributed by atoms with E-state index in [4.69, 9.17) is 0 Å². The number of nitrogens with zero attached hydrogens (tertiary/aromatic N) is 1. The quantitative estimate of drug-likeness (QED) is 0.558. The van der Waals surface area contributed by atoms with Crippen LogP contribution in [0.3, 0.4) is 0 Å². The third-order valence-corrected chi connectivity index (χ3v) is 3.35. The minimum absolute atomic E-state index is 0.0794. The van der Waals surface area contributed by atoms with Gasteiger partial charge < -0.3 is 20.7 Å². The number of hydrogen-bond acceptors (Lipinski definition) is 4. The Morgan fingerprint density at radius 1 is 1.19 bits per heavy atom. The molecule has 0 radical (unpaired) electrons. The molecule has 2 heterocycles. The Hall–Kier alpha value is -2.83. The number of nitrogens with one attached hydrogen (secondary N) is 1. The fraction of sp³-hybridized carbons (Fsp3) is 0.214. The van der Waals surface area contributed by atoms with E-state index in [1.54, 1.807) is 13.8 Å². The molecule has 1 aromatic heterocycles. The van der Waals surface area contributed by atoms with Gasteiger partial charge in [0.15, 0.2) is 12.4 Å². The van der Waals surface area contributed by atoms with Crippen LogP contribution in [-0.2, 0) is 9.59 Å². The maximum atomic E-state index is 11.5. The van der Waals surface area contributed by atoms with E-state index in [0.29, 0.717) is 21.7 Å². The molecule has 1 aromatic rings. The molecule has 0 fully saturated rings. The summed E-state index contributed by atoms with van der Waals surface area (Å²) in [7, 11) is 0. The molecule has 7 heteroatoms. The first-order chi connectivity index (χ1) is 9.82. The van der Waals surface area contributed by atoms with Crippen LogP contribution >= 0.6 is 0 Å². The second kappa shape index (κ2) is 5.28. The summed E-state index contributed by atoms with van der Waals surface area (Å²) in [6, 6.07) is 2.99. The summed E-state index contributed by atoms with van der Waals surface area (Å²) < 4.78 is 0.515. The lowest BCUT2D eigenvalue weighted by Crippen LogP contribution is -2.33. The molecule has 0 atom stereocenters. The van der Waals surface area contributed by atoms with Gasteiger partial charge in [-0.05, 0) is 19.9 Å². The van der Waals surface area contributed by atoms with E-state index < -0.39 is 17.9 Å². The van der Waals surface area contributed by atoms with Gasteiger partial charge in [0.1, 0.15) is 0 Å². The lowest BCUT2D eigenvalue weighted by molar-refractivity contribution is -0.605. The highest BCUT2D eigenvalue weighted by atomic mass is 16.5. The first-order valence-electron chi connectivity index (χ1n) is 6.16. The fourth-order valence-electron chi connectivity index (χ4n) is 2.54. The van der Waals surface area contributed by atoms with Crippen LogP contribution in [0.2, 0.25) is 0 Å². The molecule has 0 unspecified atom stereocenters. The molecule has 0 amide bonds. The van der Waals surface area contributed by atoms with Gasteiger partial charge in [0.25, 0.3) is 0 Å². The summed E-state index contributed by atoms with van der Waals surface area (Å²) in [5.74, 6) is -3.45. The zero-order chi connectivity index (χ0) is 15.7. The summed E-state index contributed by atoms with van der Waals surface area (Å²) in [6.45, 7) is 3.12. The Kier molecular flexibility index (Phi) is 3.66. The molecule has 0 bridgehead atoms. The Bertz CT molecular complexity index is 654. The highest BCUT2D eigenvalue weighted by Crippen LogP contribution is 2.37. The largest absolute Gasteiger partial charge is 0.619 e. The number of carboxylic acids is 2. The number of pyridine rings is 1. The smallest absolute Gasteiger partial charge is 0.334 e. The zero-order valence-electron chi connectivity index (χ0n) is 11.5. The lowest BCUT2D eigenvalue weighted by Gasteiger charge is -2.28. The van der Waals surface area contributed by atoms with Gasteiger partial charge in [0.2, 0.25) is 0 Å². The van der Waals surface area contributed by atoms with Gasteiger partial charge in [-0.15, -0.1) is 0 Å². The summed E-state index contributed by atoms with van der Waals surface area (Å²) in [6.07, 6.45) is 2.43. The molecule has 0 saturated carbocycles. The lowest BCUT2D eigenvalue weighted by atomic mass is 9.81. The van der Waals surface area contributed by atoms with Crippen molar-refractivity contribution in [1.29, 1.82) is 0 Å². The molecule has 0 spiro atoms. The number of hydrogen-bond donors (Lipinski definition) is 3. The van der Waals surface area contributed by atoms with Gasteiger partial charge in [-0.1, -0.05) is 0 Å². The molecular weight excluding hydrogens is 276 g/mol. The summed E-state index contributed by atoms with van der Waals surface area (Å²) in [4.78, 5) is 23.0. The van der Waals surface area contributed by atoms with Crippen molar-refractivity contribution < 1.29 is 24.5 Å². The Morgan fingerprint density at radius 2 is 1.71 bits per heavy atom. The van der Waals surface area contributed by atoms with Crippen molar-refractivity contribution in [3.63, 3.8) is 0 Å². The van der Waals surface area contributed by atoms with Crippen molar-refractivity contribution in [3.05, 3.63) is 57.8 Å². The molecule has 0 saturated heterocycles. The number of allylic oxidation sites excluding steroid dienone is 2. The van der Waals surface area contributed by atoms with Crippen molar-refractivity contribution in [3.8, 4) is 0 Å². The van der Waals surface area contributed by atoms with Crippen molar-refractivity contribution in [2.24, 2.45) is 0 Å². The average molecular weight is 290 g/mol. The van der Waals surface area contributed by atoms with Crippen molar-refractivity contribution in [2.45, 2.75) is 19.8 Å². The van der Waals surface area contributed by atoms with Crippen LogP contribution in [-0.4, -0.2) is 22.2 Å². The molecular formula is C14H14N2O5. The first kappa shape index (κ1) is 14.6. The van der Waals surface area contributed by atoms with Gasteiger partial charge in [-0.25, -0.2) is 9.59 Å². The highest BCUT2D eigenvalue weighted by Gasteiger charge is 2.37. The van der Waals surface area contributed by atoms with Crippen LogP contribution < -0.4 is 10.0 Å². The number of dihydropyridines is 1. The Morgan fingerprint density at radius 3 is 2.14 bits per heavy atom. The van der Waals surface area contributed by atoms with Crippen LogP contribution in [0, 0.1) is 5.21 Å². The third-order valence-electron chi connectivity index (χ3n) is 3.35. The minimum Gasteiger partial charge on any atom is -0.619 e.